The highest BCUT2D eigenvalue weighted by molar-refractivity contribution is 5.26. The van der Waals surface area contributed by atoms with E-state index in [4.69, 9.17) is 0 Å². The second-order valence-electron chi connectivity index (χ2n) is 3.60. The molecule has 1 heterocycles. The van der Waals surface area contributed by atoms with Crippen molar-refractivity contribution in [2.75, 3.05) is 7.05 Å². The first kappa shape index (κ1) is 11.7. The zero-order valence-electron chi connectivity index (χ0n) is 9.89. The Balaban J connectivity index is 2.94. The molecule has 15 heavy (non-hydrogen) atoms. The van der Waals surface area contributed by atoms with Gasteiger partial charge in [0.1, 0.15) is 0 Å². The number of aryl methyl sites for hydroxylation is 2. The Morgan fingerprint density at radius 2 is 2.13 bits per heavy atom. The third-order valence-electron chi connectivity index (χ3n) is 2.47. The predicted molar refractivity (Wildman–Crippen MR) is 63.6 cm³/mol. The molecule has 0 aliphatic heterocycles. The van der Waals surface area contributed by atoms with Gasteiger partial charge in [0.2, 0.25) is 0 Å². The van der Waals surface area contributed by atoms with Crippen molar-refractivity contribution in [3.63, 3.8) is 0 Å². The van der Waals surface area contributed by atoms with Crippen LogP contribution in [0, 0.1) is 25.7 Å². The molecule has 0 saturated heterocycles. The van der Waals surface area contributed by atoms with Gasteiger partial charge in [0.05, 0.1) is 0 Å². The number of hydrogen-bond acceptors (Lipinski definition) is 2. The summed E-state index contributed by atoms with van der Waals surface area (Å²) in [5.41, 5.74) is 3.39. The average molecular weight is 202 g/mol. The largest absolute Gasteiger partial charge is 0.312 e. The molecule has 0 fully saturated rings. The standard InChI is InChI=1S/C13H18N2/c1-5-6-7-13(14-4)12-9-8-10(2)15-11(12)3/h8-9,13-14H,7H2,1-4H3. The summed E-state index contributed by atoms with van der Waals surface area (Å²) in [5, 5.41) is 3.27. The smallest absolute Gasteiger partial charge is 0.0446 e. The summed E-state index contributed by atoms with van der Waals surface area (Å²) >= 11 is 0. The fraction of sp³-hybridized carbons (Fsp3) is 0.462. The van der Waals surface area contributed by atoms with E-state index >= 15 is 0 Å². The SMILES string of the molecule is CC#CCC(NC)c1ccc(C)nc1C. The highest BCUT2D eigenvalue weighted by Gasteiger charge is 2.10. The van der Waals surface area contributed by atoms with Gasteiger partial charge in [0.15, 0.2) is 0 Å². The van der Waals surface area contributed by atoms with E-state index in [9.17, 15) is 0 Å². The maximum absolute atomic E-state index is 4.46. The summed E-state index contributed by atoms with van der Waals surface area (Å²) in [5.74, 6) is 6.02. The number of nitrogens with zero attached hydrogens (tertiary/aromatic N) is 1. The molecule has 2 nitrogen and oxygen atoms in total. The summed E-state index contributed by atoms with van der Waals surface area (Å²) in [6.07, 6.45) is 0.832. The molecule has 1 aromatic rings. The van der Waals surface area contributed by atoms with Crippen LogP contribution < -0.4 is 5.32 Å². The van der Waals surface area contributed by atoms with Crippen LogP contribution in [0.15, 0.2) is 12.1 Å². The highest BCUT2D eigenvalue weighted by Crippen LogP contribution is 2.18. The lowest BCUT2D eigenvalue weighted by Gasteiger charge is -2.15. The van der Waals surface area contributed by atoms with Crippen molar-refractivity contribution in [3.8, 4) is 11.8 Å². The van der Waals surface area contributed by atoms with E-state index in [0.29, 0.717) is 0 Å². The van der Waals surface area contributed by atoms with E-state index in [1.165, 1.54) is 5.56 Å². The Labute approximate surface area is 92.1 Å². The van der Waals surface area contributed by atoms with Crippen molar-refractivity contribution in [1.82, 2.24) is 10.3 Å². The van der Waals surface area contributed by atoms with Crippen molar-refractivity contribution < 1.29 is 0 Å². The molecule has 0 saturated carbocycles. The van der Waals surface area contributed by atoms with Gasteiger partial charge in [-0.15, -0.1) is 11.8 Å². The van der Waals surface area contributed by atoms with Gasteiger partial charge in [-0.05, 0) is 39.4 Å². The second-order valence-corrected chi connectivity index (χ2v) is 3.60. The molecular weight excluding hydrogens is 184 g/mol. The Morgan fingerprint density at radius 1 is 1.40 bits per heavy atom. The molecular formula is C13H18N2. The number of nitrogens with one attached hydrogen (secondary N) is 1. The van der Waals surface area contributed by atoms with E-state index in [1.807, 2.05) is 33.9 Å². The van der Waals surface area contributed by atoms with Crippen LogP contribution in [-0.2, 0) is 0 Å². The van der Waals surface area contributed by atoms with E-state index in [-0.39, 0.29) is 6.04 Å². The minimum absolute atomic E-state index is 0.283. The zero-order valence-corrected chi connectivity index (χ0v) is 9.89. The molecule has 0 aliphatic carbocycles. The Hall–Kier alpha value is -1.33. The van der Waals surface area contributed by atoms with Crippen LogP contribution in [0.2, 0.25) is 0 Å². The quantitative estimate of drug-likeness (QED) is 0.761. The molecule has 0 amide bonds. The minimum Gasteiger partial charge on any atom is -0.312 e. The minimum atomic E-state index is 0.283. The first-order chi connectivity index (χ1) is 7.19. The van der Waals surface area contributed by atoms with Crippen LogP contribution in [0.1, 0.15) is 36.3 Å². The van der Waals surface area contributed by atoms with Crippen molar-refractivity contribution in [1.29, 1.82) is 0 Å². The molecule has 1 unspecified atom stereocenters. The molecule has 0 spiro atoms. The van der Waals surface area contributed by atoms with Crippen LogP contribution >= 0.6 is 0 Å². The van der Waals surface area contributed by atoms with Crippen molar-refractivity contribution in [3.05, 3.63) is 29.1 Å². The van der Waals surface area contributed by atoms with Crippen LogP contribution in [0.25, 0.3) is 0 Å². The summed E-state index contributed by atoms with van der Waals surface area (Å²) < 4.78 is 0. The lowest BCUT2D eigenvalue weighted by atomic mass is 10.0. The molecule has 1 rings (SSSR count). The maximum Gasteiger partial charge on any atom is 0.0446 e. The van der Waals surface area contributed by atoms with Gasteiger partial charge in [0, 0.05) is 23.9 Å². The first-order valence-corrected chi connectivity index (χ1v) is 5.20. The number of pyridine rings is 1. The maximum atomic E-state index is 4.46. The van der Waals surface area contributed by atoms with Gasteiger partial charge < -0.3 is 5.32 Å². The number of rotatable bonds is 3. The lowest BCUT2D eigenvalue weighted by Crippen LogP contribution is -2.17. The summed E-state index contributed by atoms with van der Waals surface area (Å²) in [6, 6.07) is 4.47. The Morgan fingerprint density at radius 3 is 2.67 bits per heavy atom. The fourth-order valence-electron chi connectivity index (χ4n) is 1.64. The normalized spacial score (nSPS) is 11.7. The lowest BCUT2D eigenvalue weighted by molar-refractivity contribution is 0.604. The van der Waals surface area contributed by atoms with Crippen LogP contribution in [0.5, 0.6) is 0 Å². The molecule has 1 aromatic heterocycles. The average Bonchev–Trinajstić information content (AvgIpc) is 2.21. The van der Waals surface area contributed by atoms with Crippen molar-refractivity contribution in [2.45, 2.75) is 33.2 Å². The third kappa shape index (κ3) is 3.07. The van der Waals surface area contributed by atoms with Gasteiger partial charge in [-0.25, -0.2) is 0 Å². The summed E-state index contributed by atoms with van der Waals surface area (Å²) in [4.78, 5) is 4.46. The van der Waals surface area contributed by atoms with Crippen molar-refractivity contribution >= 4 is 0 Å². The van der Waals surface area contributed by atoms with E-state index in [2.05, 4.69) is 28.2 Å². The molecule has 0 aromatic carbocycles. The highest BCUT2D eigenvalue weighted by atomic mass is 14.9. The van der Waals surface area contributed by atoms with Gasteiger partial charge in [-0.1, -0.05) is 6.07 Å². The van der Waals surface area contributed by atoms with E-state index < -0.39 is 0 Å². The second kappa shape index (κ2) is 5.53. The fourth-order valence-corrected chi connectivity index (χ4v) is 1.64. The first-order valence-electron chi connectivity index (χ1n) is 5.20. The zero-order chi connectivity index (χ0) is 11.3. The molecule has 0 radical (unpaired) electrons. The molecule has 1 N–H and O–H groups in total. The Bertz CT molecular complexity index is 385. The number of aromatic nitrogens is 1. The number of hydrogen-bond donors (Lipinski definition) is 1. The Kier molecular flexibility index (Phi) is 4.33. The van der Waals surface area contributed by atoms with Crippen LogP contribution in [0.4, 0.5) is 0 Å². The predicted octanol–water partition coefficient (Wildman–Crippen LogP) is 2.37. The van der Waals surface area contributed by atoms with E-state index in [0.717, 1.165) is 17.8 Å². The summed E-state index contributed by atoms with van der Waals surface area (Å²) in [7, 11) is 1.96. The van der Waals surface area contributed by atoms with Gasteiger partial charge in [-0.3, -0.25) is 4.98 Å². The van der Waals surface area contributed by atoms with Gasteiger partial charge in [-0.2, -0.15) is 0 Å². The molecule has 1 atom stereocenters. The van der Waals surface area contributed by atoms with Crippen molar-refractivity contribution in [2.24, 2.45) is 0 Å². The topological polar surface area (TPSA) is 24.9 Å². The molecule has 80 valence electrons. The molecule has 0 aliphatic rings. The van der Waals surface area contributed by atoms with Gasteiger partial charge in [0.25, 0.3) is 0 Å². The van der Waals surface area contributed by atoms with E-state index in [1.54, 1.807) is 0 Å². The van der Waals surface area contributed by atoms with Gasteiger partial charge >= 0.3 is 0 Å². The molecule has 2 heteroatoms. The molecule has 0 bridgehead atoms. The third-order valence-corrected chi connectivity index (χ3v) is 2.47. The van der Waals surface area contributed by atoms with Crippen LogP contribution in [-0.4, -0.2) is 12.0 Å². The monoisotopic (exact) mass is 202 g/mol. The van der Waals surface area contributed by atoms with Crippen LogP contribution in [0.3, 0.4) is 0 Å². The summed E-state index contributed by atoms with van der Waals surface area (Å²) in [6.45, 7) is 5.93.